The van der Waals surface area contributed by atoms with Crippen LogP contribution in [0.4, 0.5) is 16.5 Å². The average molecular weight is 452 g/mol. The van der Waals surface area contributed by atoms with Gasteiger partial charge in [0.2, 0.25) is 5.91 Å². The summed E-state index contributed by atoms with van der Waals surface area (Å²) in [6.07, 6.45) is 3.55. The molecule has 2 aromatic carbocycles. The van der Waals surface area contributed by atoms with Crippen LogP contribution in [0.15, 0.2) is 60.0 Å². The molecule has 1 amide bonds. The lowest BCUT2D eigenvalue weighted by molar-refractivity contribution is -0.384. The number of nitro benzene ring substituents is 1. The fraction of sp³-hybridized carbons (Fsp3) is 0.174. The van der Waals surface area contributed by atoms with E-state index in [1.807, 2.05) is 24.3 Å². The van der Waals surface area contributed by atoms with E-state index in [1.54, 1.807) is 11.4 Å². The molecule has 0 N–H and O–H groups in total. The van der Waals surface area contributed by atoms with Gasteiger partial charge < -0.3 is 4.74 Å². The number of rotatable bonds is 8. The molecular formula is C23H21N3O5S. The van der Waals surface area contributed by atoms with Gasteiger partial charge in [-0.2, -0.15) is 0 Å². The van der Waals surface area contributed by atoms with E-state index in [4.69, 9.17) is 4.74 Å². The van der Waals surface area contributed by atoms with E-state index < -0.39 is 10.9 Å². The van der Waals surface area contributed by atoms with Crippen LogP contribution in [0.2, 0.25) is 0 Å². The van der Waals surface area contributed by atoms with Crippen LogP contribution in [0.5, 0.6) is 0 Å². The lowest BCUT2D eigenvalue weighted by atomic mass is 10.1. The number of hydrogen-bond acceptors (Lipinski definition) is 7. The Hall–Kier alpha value is -3.85. The van der Waals surface area contributed by atoms with Gasteiger partial charge in [0.1, 0.15) is 6.61 Å². The Bertz CT molecular complexity index is 1150. The molecule has 0 aliphatic heterocycles. The third kappa shape index (κ3) is 5.86. The van der Waals surface area contributed by atoms with Gasteiger partial charge in [-0.05, 0) is 35.8 Å². The van der Waals surface area contributed by atoms with Crippen molar-refractivity contribution in [2.24, 2.45) is 0 Å². The highest BCUT2D eigenvalue weighted by molar-refractivity contribution is 7.14. The number of carbonyl (C=O) groups is 2. The van der Waals surface area contributed by atoms with Gasteiger partial charge in [0, 0.05) is 30.5 Å². The zero-order valence-corrected chi connectivity index (χ0v) is 18.4. The minimum Gasteiger partial charge on any atom is -0.456 e. The quantitative estimate of drug-likeness (QED) is 0.205. The lowest BCUT2D eigenvalue weighted by Crippen LogP contribution is -2.22. The number of benzene rings is 2. The number of aromatic nitrogens is 1. The zero-order chi connectivity index (χ0) is 23.1. The fourth-order valence-corrected chi connectivity index (χ4v) is 3.74. The number of hydrogen-bond donors (Lipinski definition) is 0. The molecule has 0 aliphatic rings. The highest BCUT2D eigenvalue weighted by Crippen LogP contribution is 2.29. The van der Waals surface area contributed by atoms with Crippen molar-refractivity contribution < 1.29 is 19.2 Å². The fourth-order valence-electron chi connectivity index (χ4n) is 2.87. The van der Waals surface area contributed by atoms with Crippen LogP contribution in [-0.2, 0) is 27.4 Å². The molecule has 1 heterocycles. The Morgan fingerprint density at radius 3 is 2.62 bits per heavy atom. The standard InChI is InChI=1S/C23H21N3O5S/c1-3-17-7-10-20(11-8-17)25(16(2)27)23-24-19(15-32-23)14-31-22(28)12-9-18-5-4-6-21(13-18)26(29)30/h4-13,15H,3,14H2,1-2H3/b12-9+. The highest BCUT2D eigenvalue weighted by Gasteiger charge is 2.18. The summed E-state index contributed by atoms with van der Waals surface area (Å²) in [4.78, 5) is 40.5. The Labute approximate surface area is 188 Å². The highest BCUT2D eigenvalue weighted by atomic mass is 32.1. The van der Waals surface area contributed by atoms with Crippen LogP contribution in [-0.4, -0.2) is 21.8 Å². The van der Waals surface area contributed by atoms with E-state index >= 15 is 0 Å². The summed E-state index contributed by atoms with van der Waals surface area (Å²) in [5.74, 6) is -0.781. The molecule has 32 heavy (non-hydrogen) atoms. The molecule has 0 spiro atoms. The Morgan fingerprint density at radius 1 is 1.22 bits per heavy atom. The molecule has 0 unspecified atom stereocenters. The SMILES string of the molecule is CCc1ccc(N(C(C)=O)c2nc(COC(=O)/C=C/c3cccc([N+](=O)[O-])c3)cs2)cc1. The first-order valence-electron chi connectivity index (χ1n) is 9.80. The van der Waals surface area contributed by atoms with Gasteiger partial charge >= 0.3 is 5.97 Å². The molecular weight excluding hydrogens is 430 g/mol. The molecule has 0 radical (unpaired) electrons. The number of thiazole rings is 1. The maximum absolute atomic E-state index is 12.2. The second-order valence-corrected chi connectivity index (χ2v) is 7.63. The van der Waals surface area contributed by atoms with Gasteiger partial charge in [0.25, 0.3) is 5.69 Å². The molecule has 0 saturated carbocycles. The molecule has 1 aromatic heterocycles. The minimum atomic E-state index is -0.607. The molecule has 3 aromatic rings. The van der Waals surface area contributed by atoms with E-state index in [1.165, 1.54) is 59.1 Å². The summed E-state index contributed by atoms with van der Waals surface area (Å²) in [6.45, 7) is 3.47. The van der Waals surface area contributed by atoms with Crippen LogP contribution < -0.4 is 4.90 Å². The topological polar surface area (TPSA) is 103 Å². The number of ether oxygens (including phenoxy) is 1. The van der Waals surface area contributed by atoms with Gasteiger partial charge in [0.05, 0.1) is 16.3 Å². The number of amides is 1. The van der Waals surface area contributed by atoms with Crippen molar-refractivity contribution in [3.05, 3.63) is 86.9 Å². The maximum atomic E-state index is 12.2. The zero-order valence-electron chi connectivity index (χ0n) is 17.6. The third-order valence-corrected chi connectivity index (χ3v) is 5.38. The smallest absolute Gasteiger partial charge is 0.331 e. The van der Waals surface area contributed by atoms with Crippen LogP contribution >= 0.6 is 11.3 Å². The summed E-state index contributed by atoms with van der Waals surface area (Å²) in [6, 6.07) is 13.6. The molecule has 164 valence electrons. The van der Waals surface area contributed by atoms with Crippen molar-refractivity contribution in [1.29, 1.82) is 0 Å². The van der Waals surface area contributed by atoms with Gasteiger partial charge in [-0.15, -0.1) is 11.3 Å². The maximum Gasteiger partial charge on any atom is 0.331 e. The predicted molar refractivity (Wildman–Crippen MR) is 123 cm³/mol. The molecule has 0 bridgehead atoms. The second kappa shape index (κ2) is 10.5. The van der Waals surface area contributed by atoms with E-state index in [2.05, 4.69) is 11.9 Å². The average Bonchev–Trinajstić information content (AvgIpc) is 3.25. The van der Waals surface area contributed by atoms with Crippen molar-refractivity contribution in [2.45, 2.75) is 26.9 Å². The first-order chi connectivity index (χ1) is 15.4. The third-order valence-electron chi connectivity index (χ3n) is 4.50. The van der Waals surface area contributed by atoms with Gasteiger partial charge in [-0.25, -0.2) is 9.78 Å². The first kappa shape index (κ1) is 22.8. The minimum absolute atomic E-state index is 0.0603. The largest absolute Gasteiger partial charge is 0.456 e. The number of carbonyl (C=O) groups excluding carboxylic acids is 2. The molecule has 9 heteroatoms. The van der Waals surface area contributed by atoms with Gasteiger partial charge in [-0.3, -0.25) is 19.8 Å². The normalized spacial score (nSPS) is 10.8. The van der Waals surface area contributed by atoms with Crippen molar-refractivity contribution in [3.8, 4) is 0 Å². The van der Waals surface area contributed by atoms with Crippen LogP contribution in [0.3, 0.4) is 0 Å². The lowest BCUT2D eigenvalue weighted by Gasteiger charge is -2.18. The summed E-state index contributed by atoms with van der Waals surface area (Å²) < 4.78 is 5.20. The number of nitro groups is 1. The van der Waals surface area contributed by atoms with Crippen LogP contribution in [0.1, 0.15) is 30.7 Å². The summed E-state index contributed by atoms with van der Waals surface area (Å²) in [7, 11) is 0. The molecule has 3 rings (SSSR count). The number of non-ortho nitro benzene ring substituents is 1. The monoisotopic (exact) mass is 451 g/mol. The number of esters is 1. The summed E-state index contributed by atoms with van der Waals surface area (Å²) in [5, 5.41) is 13.0. The Balaban J connectivity index is 1.63. The van der Waals surface area contributed by atoms with Gasteiger partial charge in [0.15, 0.2) is 5.13 Å². The van der Waals surface area contributed by atoms with Crippen molar-refractivity contribution in [2.75, 3.05) is 4.90 Å². The summed E-state index contributed by atoms with van der Waals surface area (Å²) >= 11 is 1.28. The molecule has 8 nitrogen and oxygen atoms in total. The summed E-state index contributed by atoms with van der Waals surface area (Å²) in [5.41, 5.74) is 2.85. The van der Waals surface area contributed by atoms with Crippen molar-refractivity contribution >= 4 is 45.8 Å². The van der Waals surface area contributed by atoms with Gasteiger partial charge in [-0.1, -0.05) is 31.2 Å². The molecule has 0 atom stereocenters. The Morgan fingerprint density at radius 2 is 1.97 bits per heavy atom. The van der Waals surface area contributed by atoms with E-state index in [9.17, 15) is 19.7 Å². The van der Waals surface area contributed by atoms with E-state index in [-0.39, 0.29) is 18.2 Å². The van der Waals surface area contributed by atoms with Crippen LogP contribution in [0, 0.1) is 10.1 Å². The molecule has 0 aliphatic carbocycles. The number of nitrogens with zero attached hydrogens (tertiary/aromatic N) is 3. The first-order valence-corrected chi connectivity index (χ1v) is 10.7. The van der Waals surface area contributed by atoms with Crippen molar-refractivity contribution in [1.82, 2.24) is 4.98 Å². The Kier molecular flexibility index (Phi) is 7.45. The van der Waals surface area contributed by atoms with E-state index in [0.29, 0.717) is 22.1 Å². The molecule has 0 fully saturated rings. The molecule has 0 saturated heterocycles. The predicted octanol–water partition coefficient (Wildman–Crippen LogP) is 5.05. The van der Waals surface area contributed by atoms with Crippen LogP contribution in [0.25, 0.3) is 6.08 Å². The number of anilines is 2. The number of aryl methyl sites for hydroxylation is 1. The second-order valence-electron chi connectivity index (χ2n) is 6.79. The van der Waals surface area contributed by atoms with Crippen molar-refractivity contribution in [3.63, 3.8) is 0 Å². The van der Waals surface area contributed by atoms with E-state index in [0.717, 1.165) is 6.42 Å².